The molecule has 0 aliphatic heterocycles. The summed E-state index contributed by atoms with van der Waals surface area (Å²) in [6.07, 6.45) is 0.876. The molecule has 0 saturated carbocycles. The van der Waals surface area contributed by atoms with Gasteiger partial charge in [-0.3, -0.25) is 9.89 Å². The van der Waals surface area contributed by atoms with E-state index in [2.05, 4.69) is 41.3 Å². The smallest absolute Gasteiger partial charge is 0.195 e. The van der Waals surface area contributed by atoms with E-state index in [9.17, 15) is 0 Å². The Balaban J connectivity index is 0.00000625. The second-order valence-corrected chi connectivity index (χ2v) is 5.87. The molecule has 1 atom stereocenters. The first-order valence-electron chi connectivity index (χ1n) is 9.08. The minimum Gasteiger partial charge on any atom is -0.493 e. The number of anilines is 1. The second-order valence-electron chi connectivity index (χ2n) is 5.87. The van der Waals surface area contributed by atoms with Crippen molar-refractivity contribution in [2.45, 2.75) is 33.2 Å². The van der Waals surface area contributed by atoms with Gasteiger partial charge in [-0.25, -0.2) is 0 Å². The third-order valence-corrected chi connectivity index (χ3v) is 4.08. The van der Waals surface area contributed by atoms with Crippen LogP contribution in [-0.2, 0) is 4.74 Å². The summed E-state index contributed by atoms with van der Waals surface area (Å²) in [5.74, 6) is 1.60. The molecule has 0 bridgehead atoms. The molecule has 2 N–H and O–H groups in total. The highest BCUT2D eigenvalue weighted by atomic mass is 127. The van der Waals surface area contributed by atoms with E-state index in [1.165, 1.54) is 0 Å². The van der Waals surface area contributed by atoms with E-state index in [-0.39, 0.29) is 24.0 Å². The van der Waals surface area contributed by atoms with Crippen molar-refractivity contribution in [3.8, 4) is 5.75 Å². The highest BCUT2D eigenvalue weighted by Crippen LogP contribution is 2.17. The van der Waals surface area contributed by atoms with E-state index < -0.39 is 0 Å². The summed E-state index contributed by atoms with van der Waals surface area (Å²) in [4.78, 5) is 6.71. The van der Waals surface area contributed by atoms with Crippen molar-refractivity contribution in [3.05, 3.63) is 24.3 Å². The van der Waals surface area contributed by atoms with Crippen LogP contribution in [0.5, 0.6) is 5.75 Å². The van der Waals surface area contributed by atoms with Crippen molar-refractivity contribution < 1.29 is 9.47 Å². The van der Waals surface area contributed by atoms with Gasteiger partial charge in [0.1, 0.15) is 5.75 Å². The summed E-state index contributed by atoms with van der Waals surface area (Å²) in [5.41, 5.74) is 0.952. The van der Waals surface area contributed by atoms with Gasteiger partial charge in [-0.2, -0.15) is 0 Å². The molecule has 150 valence electrons. The van der Waals surface area contributed by atoms with E-state index in [1.54, 1.807) is 14.2 Å². The van der Waals surface area contributed by atoms with Gasteiger partial charge in [0.25, 0.3) is 0 Å². The van der Waals surface area contributed by atoms with Crippen LogP contribution < -0.4 is 15.4 Å². The summed E-state index contributed by atoms with van der Waals surface area (Å²) < 4.78 is 10.8. The number of nitrogens with one attached hydrogen (secondary N) is 2. The van der Waals surface area contributed by atoms with Gasteiger partial charge < -0.3 is 20.1 Å². The number of benzene rings is 1. The van der Waals surface area contributed by atoms with Gasteiger partial charge in [0.05, 0.1) is 6.61 Å². The topological polar surface area (TPSA) is 58.1 Å². The molecule has 6 nitrogen and oxygen atoms in total. The van der Waals surface area contributed by atoms with Crippen molar-refractivity contribution in [2.75, 3.05) is 52.3 Å². The third-order valence-electron chi connectivity index (χ3n) is 4.08. The number of nitrogens with zero attached hydrogens (tertiary/aromatic N) is 2. The number of hydrogen-bond acceptors (Lipinski definition) is 4. The highest BCUT2D eigenvalue weighted by molar-refractivity contribution is 14.0. The Morgan fingerprint density at radius 3 is 2.58 bits per heavy atom. The fourth-order valence-electron chi connectivity index (χ4n) is 2.59. The Hall–Kier alpha value is -1.06. The van der Waals surface area contributed by atoms with Crippen LogP contribution in [0.25, 0.3) is 0 Å². The first kappa shape index (κ1) is 24.9. The van der Waals surface area contributed by atoms with Crippen LogP contribution in [0.3, 0.4) is 0 Å². The van der Waals surface area contributed by atoms with Crippen molar-refractivity contribution in [1.82, 2.24) is 10.2 Å². The molecule has 0 aliphatic carbocycles. The molecule has 0 aliphatic rings. The molecule has 0 heterocycles. The Morgan fingerprint density at radius 2 is 1.96 bits per heavy atom. The largest absolute Gasteiger partial charge is 0.493 e. The van der Waals surface area contributed by atoms with Crippen LogP contribution in [0.2, 0.25) is 0 Å². The van der Waals surface area contributed by atoms with E-state index in [0.717, 1.165) is 43.5 Å². The molecular formula is C19H35IN4O2. The number of guanidine groups is 1. The lowest BCUT2D eigenvalue weighted by atomic mass is 10.2. The van der Waals surface area contributed by atoms with Crippen molar-refractivity contribution in [3.63, 3.8) is 0 Å². The Kier molecular flexibility index (Phi) is 14.4. The van der Waals surface area contributed by atoms with Crippen LogP contribution in [0, 0.1) is 0 Å². The van der Waals surface area contributed by atoms with Crippen molar-refractivity contribution in [1.29, 1.82) is 0 Å². The number of methoxy groups -OCH3 is 1. The minimum atomic E-state index is 0. The minimum absolute atomic E-state index is 0. The molecule has 7 heteroatoms. The molecule has 0 aromatic heterocycles. The van der Waals surface area contributed by atoms with Gasteiger partial charge >= 0.3 is 0 Å². The standard InChI is InChI=1S/C19H34N4O2.HI/c1-6-23(7-2)16(3)15-21-19(20-4)22-17-10-8-11-18(14-17)25-13-9-12-24-5;/h8,10-11,14,16H,6-7,9,12-13,15H2,1-5H3,(H2,20,21,22);1H. The molecule has 0 saturated heterocycles. The van der Waals surface area contributed by atoms with Crippen molar-refractivity contribution in [2.24, 2.45) is 4.99 Å². The van der Waals surface area contributed by atoms with Crippen LogP contribution in [0.4, 0.5) is 5.69 Å². The molecule has 1 aromatic carbocycles. The fourth-order valence-corrected chi connectivity index (χ4v) is 2.59. The molecule has 1 rings (SSSR count). The lowest BCUT2D eigenvalue weighted by Gasteiger charge is -2.27. The van der Waals surface area contributed by atoms with Gasteiger partial charge in [-0.05, 0) is 32.1 Å². The van der Waals surface area contributed by atoms with Crippen LogP contribution >= 0.6 is 24.0 Å². The summed E-state index contributed by atoms with van der Waals surface area (Å²) in [6, 6.07) is 8.36. The van der Waals surface area contributed by atoms with Crippen LogP contribution in [0.15, 0.2) is 29.3 Å². The number of hydrogen-bond donors (Lipinski definition) is 2. The molecule has 0 amide bonds. The normalized spacial score (nSPS) is 12.5. The van der Waals surface area contributed by atoms with Gasteiger partial charge in [0, 0.05) is 51.5 Å². The lowest BCUT2D eigenvalue weighted by molar-refractivity contribution is 0.172. The average molecular weight is 478 g/mol. The Labute approximate surface area is 175 Å². The maximum atomic E-state index is 5.74. The van der Waals surface area contributed by atoms with E-state index in [0.29, 0.717) is 19.3 Å². The van der Waals surface area contributed by atoms with Gasteiger partial charge in [-0.1, -0.05) is 19.9 Å². The molecule has 0 radical (unpaired) electrons. The molecule has 0 fully saturated rings. The number of ether oxygens (including phenoxy) is 2. The molecule has 1 unspecified atom stereocenters. The predicted molar refractivity (Wildman–Crippen MR) is 121 cm³/mol. The third kappa shape index (κ3) is 9.59. The lowest BCUT2D eigenvalue weighted by Crippen LogP contribution is -2.43. The molecule has 1 aromatic rings. The molecule has 0 spiro atoms. The summed E-state index contributed by atoms with van der Waals surface area (Å²) >= 11 is 0. The predicted octanol–water partition coefficient (Wildman–Crippen LogP) is 3.44. The van der Waals surface area contributed by atoms with Crippen LogP contribution in [-0.4, -0.2) is 63.9 Å². The second kappa shape index (κ2) is 15.0. The zero-order valence-electron chi connectivity index (χ0n) is 16.7. The summed E-state index contributed by atoms with van der Waals surface area (Å²) in [6.45, 7) is 10.9. The molecule has 26 heavy (non-hydrogen) atoms. The van der Waals surface area contributed by atoms with Gasteiger partial charge in [-0.15, -0.1) is 24.0 Å². The Morgan fingerprint density at radius 1 is 1.23 bits per heavy atom. The van der Waals surface area contributed by atoms with Gasteiger partial charge in [0.2, 0.25) is 0 Å². The first-order valence-corrected chi connectivity index (χ1v) is 9.08. The number of likely N-dealkylation sites (N-methyl/N-ethyl adjacent to an activating group) is 1. The first-order chi connectivity index (χ1) is 12.1. The number of rotatable bonds is 11. The summed E-state index contributed by atoms with van der Waals surface area (Å²) in [5, 5.41) is 6.70. The maximum Gasteiger partial charge on any atom is 0.195 e. The highest BCUT2D eigenvalue weighted by Gasteiger charge is 2.10. The van der Waals surface area contributed by atoms with E-state index >= 15 is 0 Å². The summed E-state index contributed by atoms with van der Waals surface area (Å²) in [7, 11) is 3.48. The number of aliphatic imine (C=N–C) groups is 1. The average Bonchev–Trinajstić information content (AvgIpc) is 2.63. The van der Waals surface area contributed by atoms with Gasteiger partial charge in [0.15, 0.2) is 5.96 Å². The zero-order valence-corrected chi connectivity index (χ0v) is 19.1. The van der Waals surface area contributed by atoms with Crippen molar-refractivity contribution >= 4 is 35.6 Å². The zero-order chi connectivity index (χ0) is 18.5. The van der Waals surface area contributed by atoms with E-state index in [4.69, 9.17) is 9.47 Å². The Bertz CT molecular complexity index is 510. The monoisotopic (exact) mass is 478 g/mol. The van der Waals surface area contributed by atoms with E-state index in [1.807, 2.05) is 24.3 Å². The van der Waals surface area contributed by atoms with Crippen LogP contribution in [0.1, 0.15) is 27.2 Å². The fraction of sp³-hybridized carbons (Fsp3) is 0.632. The number of halogens is 1. The quantitative estimate of drug-likeness (QED) is 0.221. The molecular weight excluding hydrogens is 443 g/mol. The SMILES string of the molecule is CCN(CC)C(C)CNC(=NC)Nc1cccc(OCCCOC)c1.I. The maximum absolute atomic E-state index is 5.74.